The molecule has 0 saturated heterocycles. The molecule has 31 heavy (non-hydrogen) atoms. The normalized spacial score (nSPS) is 11.1. The van der Waals surface area contributed by atoms with Gasteiger partial charge in [-0.25, -0.2) is 4.39 Å². The first-order chi connectivity index (χ1) is 14.8. The number of tetrazole rings is 1. The lowest BCUT2D eigenvalue weighted by atomic mass is 10.1. The summed E-state index contributed by atoms with van der Waals surface area (Å²) in [5.41, 5.74) is 6.31. The zero-order chi connectivity index (χ0) is 22.1. The summed E-state index contributed by atoms with van der Waals surface area (Å²) in [6.07, 6.45) is 0. The summed E-state index contributed by atoms with van der Waals surface area (Å²) in [6, 6.07) is 14.2. The molecule has 6 nitrogen and oxygen atoms in total. The molecule has 0 aliphatic rings. The molecule has 0 bridgehead atoms. The number of nitrogens with zero attached hydrogens (tertiary/aromatic N) is 5. The largest absolute Gasteiger partial charge is 0.318 e. The summed E-state index contributed by atoms with van der Waals surface area (Å²) in [5.74, 6) is -0.0963. The third-order valence-corrected chi connectivity index (χ3v) is 6.09. The van der Waals surface area contributed by atoms with Crippen LogP contribution in [0.1, 0.15) is 32.9 Å². The standard InChI is InChI=1S/C23H22FN5OS/c1-14-5-10-21(15(2)11-14)29-23(25-26-27-29)31-13-22(30)20-12-16(3)28(17(20)4)19-8-6-18(24)7-9-19/h5-12H,13H2,1-4H3. The van der Waals surface area contributed by atoms with E-state index in [1.54, 1.807) is 16.8 Å². The zero-order valence-electron chi connectivity index (χ0n) is 17.8. The van der Waals surface area contributed by atoms with Crippen LogP contribution in [-0.2, 0) is 0 Å². The zero-order valence-corrected chi connectivity index (χ0v) is 18.6. The maximum Gasteiger partial charge on any atom is 0.214 e. The Morgan fingerprint density at radius 2 is 1.77 bits per heavy atom. The molecule has 0 atom stereocenters. The SMILES string of the molecule is Cc1ccc(-n2nnnc2SCC(=O)c2cc(C)n(-c3ccc(F)cc3)c2C)c(C)c1. The van der Waals surface area contributed by atoms with Crippen LogP contribution in [0.15, 0.2) is 53.7 Å². The van der Waals surface area contributed by atoms with E-state index < -0.39 is 0 Å². The average Bonchev–Trinajstić information content (AvgIpc) is 3.31. The Bertz CT molecular complexity index is 1260. The Kier molecular flexibility index (Phi) is 5.73. The van der Waals surface area contributed by atoms with Gasteiger partial charge < -0.3 is 4.57 Å². The van der Waals surface area contributed by atoms with Gasteiger partial charge >= 0.3 is 0 Å². The molecule has 2 aromatic heterocycles. The van der Waals surface area contributed by atoms with Crippen LogP contribution in [0, 0.1) is 33.5 Å². The van der Waals surface area contributed by atoms with Crippen LogP contribution in [0.4, 0.5) is 4.39 Å². The summed E-state index contributed by atoms with van der Waals surface area (Å²) in [7, 11) is 0. The molecule has 8 heteroatoms. The van der Waals surface area contributed by atoms with Crippen LogP contribution in [0.5, 0.6) is 0 Å². The number of hydrogen-bond acceptors (Lipinski definition) is 5. The van der Waals surface area contributed by atoms with E-state index in [-0.39, 0.29) is 17.4 Å². The topological polar surface area (TPSA) is 65.6 Å². The molecule has 0 radical (unpaired) electrons. The van der Waals surface area contributed by atoms with Crippen molar-refractivity contribution in [2.45, 2.75) is 32.9 Å². The number of carbonyl (C=O) groups excluding carboxylic acids is 1. The van der Waals surface area contributed by atoms with Gasteiger partial charge in [-0.2, -0.15) is 4.68 Å². The third kappa shape index (κ3) is 4.16. The summed E-state index contributed by atoms with van der Waals surface area (Å²) in [5, 5.41) is 12.5. The number of ketones is 1. The quantitative estimate of drug-likeness (QED) is 0.321. The first-order valence-corrected chi connectivity index (χ1v) is 10.8. The summed E-state index contributed by atoms with van der Waals surface area (Å²) in [4.78, 5) is 13.0. The Hall–Kier alpha value is -3.26. The minimum absolute atomic E-state index is 0.0124. The molecule has 2 heterocycles. The van der Waals surface area contributed by atoms with Gasteiger partial charge in [0.05, 0.1) is 11.4 Å². The van der Waals surface area contributed by atoms with Gasteiger partial charge in [-0.1, -0.05) is 29.5 Å². The predicted molar refractivity (Wildman–Crippen MR) is 119 cm³/mol. The Morgan fingerprint density at radius 3 is 2.48 bits per heavy atom. The molecule has 0 unspecified atom stereocenters. The second-order valence-electron chi connectivity index (χ2n) is 7.47. The first-order valence-electron chi connectivity index (χ1n) is 9.82. The molecule has 2 aromatic carbocycles. The average molecular weight is 436 g/mol. The van der Waals surface area contributed by atoms with Gasteiger partial charge in [-0.15, -0.1) is 5.10 Å². The molecular weight excluding hydrogens is 413 g/mol. The van der Waals surface area contributed by atoms with Crippen LogP contribution in [0.3, 0.4) is 0 Å². The number of halogens is 1. The van der Waals surface area contributed by atoms with E-state index in [4.69, 9.17) is 0 Å². The Balaban J connectivity index is 1.55. The van der Waals surface area contributed by atoms with Crippen molar-refractivity contribution in [1.29, 1.82) is 0 Å². The molecule has 0 saturated carbocycles. The molecule has 0 aliphatic carbocycles. The van der Waals surface area contributed by atoms with Crippen molar-refractivity contribution in [3.63, 3.8) is 0 Å². The van der Waals surface area contributed by atoms with E-state index in [1.807, 2.05) is 50.5 Å². The highest BCUT2D eigenvalue weighted by Crippen LogP contribution is 2.25. The van der Waals surface area contributed by atoms with E-state index >= 15 is 0 Å². The van der Waals surface area contributed by atoms with Crippen molar-refractivity contribution in [1.82, 2.24) is 24.8 Å². The monoisotopic (exact) mass is 435 g/mol. The maximum atomic E-state index is 13.3. The number of rotatable bonds is 6. The van der Waals surface area contributed by atoms with Gasteiger partial charge in [0.2, 0.25) is 5.16 Å². The minimum Gasteiger partial charge on any atom is -0.318 e. The fraction of sp³-hybridized carbons (Fsp3) is 0.217. The van der Waals surface area contributed by atoms with Gasteiger partial charge in [0.15, 0.2) is 5.78 Å². The predicted octanol–water partition coefficient (Wildman–Crippen LogP) is 4.80. The van der Waals surface area contributed by atoms with Crippen LogP contribution < -0.4 is 0 Å². The number of thioether (sulfide) groups is 1. The molecule has 0 spiro atoms. The van der Waals surface area contributed by atoms with Gasteiger partial charge in [-0.3, -0.25) is 4.79 Å². The Labute approximate surface area is 184 Å². The van der Waals surface area contributed by atoms with Gasteiger partial charge in [0.25, 0.3) is 0 Å². The van der Waals surface area contributed by atoms with Crippen LogP contribution in [-0.4, -0.2) is 36.3 Å². The van der Waals surface area contributed by atoms with Crippen molar-refractivity contribution in [3.05, 3.63) is 82.4 Å². The summed E-state index contributed by atoms with van der Waals surface area (Å²) < 4.78 is 16.9. The fourth-order valence-electron chi connectivity index (χ4n) is 3.70. The molecule has 4 rings (SSSR count). The molecule has 0 aliphatic heterocycles. The van der Waals surface area contributed by atoms with E-state index in [0.29, 0.717) is 10.7 Å². The highest BCUT2D eigenvalue weighted by atomic mass is 32.2. The third-order valence-electron chi connectivity index (χ3n) is 5.17. The lowest BCUT2D eigenvalue weighted by molar-refractivity contribution is 0.102. The van der Waals surface area contributed by atoms with E-state index in [0.717, 1.165) is 33.9 Å². The lowest BCUT2D eigenvalue weighted by Crippen LogP contribution is -2.07. The highest BCUT2D eigenvalue weighted by Gasteiger charge is 2.19. The maximum absolute atomic E-state index is 13.3. The number of aromatic nitrogens is 5. The number of benzene rings is 2. The first kappa shape index (κ1) is 21.0. The van der Waals surface area contributed by atoms with Crippen molar-refractivity contribution in [3.8, 4) is 11.4 Å². The van der Waals surface area contributed by atoms with Crippen molar-refractivity contribution in [2.24, 2.45) is 0 Å². The van der Waals surface area contributed by atoms with E-state index in [2.05, 4.69) is 21.6 Å². The van der Waals surface area contributed by atoms with Gasteiger partial charge in [-0.05, 0) is 80.1 Å². The fourth-order valence-corrected chi connectivity index (χ4v) is 4.47. The molecule has 0 amide bonds. The van der Waals surface area contributed by atoms with E-state index in [9.17, 15) is 9.18 Å². The molecular formula is C23H22FN5OS. The number of aryl methyl sites for hydroxylation is 3. The number of carbonyl (C=O) groups is 1. The van der Waals surface area contributed by atoms with Crippen LogP contribution in [0.25, 0.3) is 11.4 Å². The van der Waals surface area contributed by atoms with Crippen molar-refractivity contribution >= 4 is 17.5 Å². The number of hydrogen-bond donors (Lipinski definition) is 0. The smallest absolute Gasteiger partial charge is 0.214 e. The van der Waals surface area contributed by atoms with Gasteiger partial charge in [0, 0.05) is 22.6 Å². The van der Waals surface area contributed by atoms with Gasteiger partial charge in [0.1, 0.15) is 5.82 Å². The molecule has 4 aromatic rings. The summed E-state index contributed by atoms with van der Waals surface area (Å²) >= 11 is 1.30. The van der Waals surface area contributed by atoms with E-state index in [1.165, 1.54) is 23.9 Å². The highest BCUT2D eigenvalue weighted by molar-refractivity contribution is 7.99. The van der Waals surface area contributed by atoms with Crippen LogP contribution >= 0.6 is 11.8 Å². The van der Waals surface area contributed by atoms with Crippen LogP contribution in [0.2, 0.25) is 0 Å². The molecule has 158 valence electrons. The minimum atomic E-state index is -0.291. The van der Waals surface area contributed by atoms with Crippen molar-refractivity contribution < 1.29 is 9.18 Å². The lowest BCUT2D eigenvalue weighted by Gasteiger charge is -2.10. The van der Waals surface area contributed by atoms with Crippen molar-refractivity contribution in [2.75, 3.05) is 5.75 Å². The Morgan fingerprint density at radius 1 is 1.03 bits per heavy atom. The second kappa shape index (κ2) is 8.47. The molecule has 0 N–H and O–H groups in total. The molecule has 0 fully saturated rings. The number of Topliss-reactive ketones (excluding diaryl/α,β-unsaturated/α-hetero) is 1. The second-order valence-corrected chi connectivity index (χ2v) is 8.41. The summed E-state index contributed by atoms with van der Waals surface area (Å²) in [6.45, 7) is 7.87.